The van der Waals surface area contributed by atoms with E-state index in [1.54, 1.807) is 18.6 Å². The molecule has 0 unspecified atom stereocenters. The van der Waals surface area contributed by atoms with Gasteiger partial charge in [0.2, 0.25) is 5.71 Å². The van der Waals surface area contributed by atoms with Crippen molar-refractivity contribution >= 4 is 16.9 Å². The van der Waals surface area contributed by atoms with Gasteiger partial charge in [-0.25, -0.2) is 9.97 Å². The molecule has 0 amide bonds. The second-order valence-electron chi connectivity index (χ2n) is 5.17. The molecule has 7 nitrogen and oxygen atoms in total. The third-order valence-corrected chi connectivity index (χ3v) is 3.63. The van der Waals surface area contributed by atoms with Crippen LogP contribution in [0.25, 0.3) is 33.9 Å². The molecule has 4 rings (SSSR count). The molecule has 24 heavy (non-hydrogen) atoms. The minimum absolute atomic E-state index is 0.106. The minimum Gasteiger partial charge on any atom is -0.464 e. The monoisotopic (exact) mass is 325 g/mol. The lowest BCUT2D eigenvalue weighted by Crippen LogP contribution is -2.05. The molecule has 0 radical (unpaired) electrons. The molecular weight excluding hydrogens is 310 g/mol. The molecule has 0 spiro atoms. The predicted octanol–water partition coefficient (Wildman–Crippen LogP) is 3.54. The first-order chi connectivity index (χ1) is 11.9. The van der Waals surface area contributed by atoms with Gasteiger partial charge in [0.05, 0.1) is 23.5 Å². The number of aliphatic hydroxyl groups excluding tert-OH is 1. The zero-order chi connectivity index (χ0) is 16.4. The van der Waals surface area contributed by atoms with Gasteiger partial charge in [0.1, 0.15) is 17.9 Å². The molecule has 2 N–H and O–H groups in total. The molecule has 4 aromatic rings. The second kappa shape index (κ2) is 6.21. The van der Waals surface area contributed by atoms with Crippen LogP contribution in [0.3, 0.4) is 0 Å². The number of nitrogens with one attached hydrogen (secondary N) is 1. The number of rotatable bonds is 6. The number of furan rings is 3. The Labute approximate surface area is 136 Å². The van der Waals surface area contributed by atoms with Crippen LogP contribution in [0.4, 0.5) is 5.82 Å². The molecule has 7 heteroatoms. The van der Waals surface area contributed by atoms with Gasteiger partial charge >= 0.3 is 0 Å². The van der Waals surface area contributed by atoms with Crippen LogP contribution in [0.5, 0.6) is 0 Å². The molecule has 0 aliphatic carbocycles. The lowest BCUT2D eigenvalue weighted by atomic mass is 10.1. The van der Waals surface area contributed by atoms with Crippen LogP contribution < -0.4 is 5.32 Å². The largest absolute Gasteiger partial charge is 0.464 e. The Hall–Kier alpha value is -3.06. The summed E-state index contributed by atoms with van der Waals surface area (Å²) in [5.74, 6) is 2.39. The minimum atomic E-state index is 0.106. The fourth-order valence-electron chi connectivity index (χ4n) is 2.59. The molecule has 0 saturated heterocycles. The van der Waals surface area contributed by atoms with Crippen LogP contribution in [0.1, 0.15) is 6.42 Å². The quantitative estimate of drug-likeness (QED) is 0.523. The number of aliphatic hydroxyl groups is 1. The second-order valence-corrected chi connectivity index (χ2v) is 5.17. The van der Waals surface area contributed by atoms with Crippen LogP contribution in [-0.2, 0) is 0 Å². The van der Waals surface area contributed by atoms with Crippen molar-refractivity contribution < 1.29 is 18.4 Å². The molecular formula is C17H15N3O4. The topological polar surface area (TPSA) is 97.5 Å². The Morgan fingerprint density at radius 1 is 1.04 bits per heavy atom. The van der Waals surface area contributed by atoms with E-state index in [1.165, 1.54) is 6.33 Å². The molecule has 122 valence electrons. The van der Waals surface area contributed by atoms with Crippen molar-refractivity contribution in [2.24, 2.45) is 0 Å². The van der Waals surface area contributed by atoms with E-state index < -0.39 is 0 Å². The van der Waals surface area contributed by atoms with E-state index in [9.17, 15) is 0 Å². The average molecular weight is 325 g/mol. The van der Waals surface area contributed by atoms with E-state index in [-0.39, 0.29) is 6.61 Å². The van der Waals surface area contributed by atoms with Gasteiger partial charge in [-0.3, -0.25) is 0 Å². The number of fused-ring (bicyclic) bond motifs is 1. The molecule has 4 heterocycles. The van der Waals surface area contributed by atoms with Crippen molar-refractivity contribution in [2.75, 3.05) is 18.5 Å². The summed E-state index contributed by atoms with van der Waals surface area (Å²) >= 11 is 0. The Bertz CT molecular complexity index is 926. The zero-order valence-corrected chi connectivity index (χ0v) is 12.7. The SMILES string of the molecule is OCCCNc1ncnc2oc(-c3ccco3)c(-c3ccco3)c12. The smallest absolute Gasteiger partial charge is 0.232 e. The van der Waals surface area contributed by atoms with Gasteiger partial charge in [-0.05, 0) is 30.7 Å². The van der Waals surface area contributed by atoms with Crippen molar-refractivity contribution in [1.82, 2.24) is 9.97 Å². The highest BCUT2D eigenvalue weighted by Gasteiger charge is 2.24. The zero-order valence-electron chi connectivity index (χ0n) is 12.7. The van der Waals surface area contributed by atoms with Crippen molar-refractivity contribution in [3.8, 4) is 22.8 Å². The van der Waals surface area contributed by atoms with Gasteiger partial charge in [-0.2, -0.15) is 0 Å². The molecule has 4 aromatic heterocycles. The fourth-order valence-corrected chi connectivity index (χ4v) is 2.59. The summed E-state index contributed by atoms with van der Waals surface area (Å²) in [6, 6.07) is 7.26. The maximum absolute atomic E-state index is 8.97. The number of anilines is 1. The van der Waals surface area contributed by atoms with Crippen molar-refractivity contribution in [2.45, 2.75) is 6.42 Å². The fraction of sp³-hybridized carbons (Fsp3) is 0.176. The van der Waals surface area contributed by atoms with Crippen LogP contribution in [0, 0.1) is 0 Å². The highest BCUT2D eigenvalue weighted by atomic mass is 16.4. The van der Waals surface area contributed by atoms with Crippen molar-refractivity contribution in [3.05, 3.63) is 43.1 Å². The number of hydrogen-bond donors (Lipinski definition) is 2. The Morgan fingerprint density at radius 2 is 1.83 bits per heavy atom. The molecule has 0 aromatic carbocycles. The number of aromatic nitrogens is 2. The number of nitrogens with zero attached hydrogens (tertiary/aromatic N) is 2. The first kappa shape index (κ1) is 14.5. The third-order valence-electron chi connectivity index (χ3n) is 3.63. The van der Waals surface area contributed by atoms with Crippen molar-refractivity contribution in [3.63, 3.8) is 0 Å². The van der Waals surface area contributed by atoms with Gasteiger partial charge in [0.15, 0.2) is 11.5 Å². The summed E-state index contributed by atoms with van der Waals surface area (Å²) in [6.07, 6.45) is 5.23. The van der Waals surface area contributed by atoms with E-state index in [1.807, 2.05) is 18.2 Å². The lowest BCUT2D eigenvalue weighted by Gasteiger charge is -2.05. The molecule has 0 bridgehead atoms. The Balaban J connectivity index is 1.93. The summed E-state index contributed by atoms with van der Waals surface area (Å²) in [5.41, 5.74) is 1.17. The summed E-state index contributed by atoms with van der Waals surface area (Å²) in [4.78, 5) is 8.53. The van der Waals surface area contributed by atoms with Crippen LogP contribution in [0.15, 0.2) is 56.4 Å². The summed E-state index contributed by atoms with van der Waals surface area (Å²) < 4.78 is 17.0. The van der Waals surface area contributed by atoms with Crippen LogP contribution >= 0.6 is 0 Å². The summed E-state index contributed by atoms with van der Waals surface area (Å²) in [7, 11) is 0. The van der Waals surface area contributed by atoms with Gasteiger partial charge in [0, 0.05) is 13.2 Å². The maximum atomic E-state index is 8.97. The molecule has 0 saturated carbocycles. The molecule has 0 fully saturated rings. The van der Waals surface area contributed by atoms with E-state index >= 15 is 0 Å². The van der Waals surface area contributed by atoms with E-state index in [0.717, 1.165) is 10.9 Å². The maximum Gasteiger partial charge on any atom is 0.232 e. The molecule has 0 atom stereocenters. The Morgan fingerprint density at radius 3 is 2.54 bits per heavy atom. The highest BCUT2D eigenvalue weighted by molar-refractivity contribution is 6.04. The highest BCUT2D eigenvalue weighted by Crippen LogP contribution is 2.42. The average Bonchev–Trinajstić information content (AvgIpc) is 3.33. The van der Waals surface area contributed by atoms with E-state index in [0.29, 0.717) is 41.8 Å². The Kier molecular flexibility index (Phi) is 3.76. The van der Waals surface area contributed by atoms with E-state index in [4.69, 9.17) is 18.4 Å². The predicted molar refractivity (Wildman–Crippen MR) is 87.4 cm³/mol. The third kappa shape index (κ3) is 2.44. The summed E-state index contributed by atoms with van der Waals surface area (Å²) in [6.45, 7) is 0.691. The summed E-state index contributed by atoms with van der Waals surface area (Å²) in [5, 5.41) is 12.9. The number of hydrogen-bond acceptors (Lipinski definition) is 7. The molecule has 0 aliphatic heterocycles. The van der Waals surface area contributed by atoms with Crippen LogP contribution in [-0.4, -0.2) is 28.2 Å². The van der Waals surface area contributed by atoms with Gasteiger partial charge in [-0.1, -0.05) is 0 Å². The first-order valence-electron chi connectivity index (χ1n) is 7.58. The van der Waals surface area contributed by atoms with Crippen LogP contribution in [0.2, 0.25) is 0 Å². The van der Waals surface area contributed by atoms with Gasteiger partial charge in [-0.15, -0.1) is 0 Å². The van der Waals surface area contributed by atoms with Gasteiger partial charge in [0.25, 0.3) is 0 Å². The van der Waals surface area contributed by atoms with Crippen molar-refractivity contribution in [1.29, 1.82) is 0 Å². The normalized spacial score (nSPS) is 11.2. The molecule has 0 aliphatic rings. The van der Waals surface area contributed by atoms with Gasteiger partial charge < -0.3 is 23.7 Å². The first-order valence-corrected chi connectivity index (χ1v) is 7.58. The lowest BCUT2D eigenvalue weighted by molar-refractivity contribution is 0.292. The van der Waals surface area contributed by atoms with E-state index in [2.05, 4.69) is 15.3 Å². The standard InChI is InChI=1S/C17H15N3O4/c21-7-3-6-18-16-14-13(11-4-1-8-22-11)15(12-5-2-9-23-12)24-17(14)20-10-19-16/h1-2,4-5,8-10,21H,3,6-7H2,(H,18,19,20).